The Morgan fingerprint density at radius 2 is 1.73 bits per heavy atom. The van der Waals surface area contributed by atoms with Crippen molar-refractivity contribution in [2.75, 3.05) is 31.6 Å². The lowest BCUT2D eigenvalue weighted by molar-refractivity contribution is 0.00850. The molecule has 0 amide bonds. The summed E-state index contributed by atoms with van der Waals surface area (Å²) >= 11 is 0. The molecule has 120 valence electrons. The van der Waals surface area contributed by atoms with E-state index in [9.17, 15) is 4.79 Å². The summed E-state index contributed by atoms with van der Waals surface area (Å²) in [4.78, 5) is 17.9. The molecule has 2 fully saturated rings. The predicted molar refractivity (Wildman–Crippen MR) is 91.7 cm³/mol. The van der Waals surface area contributed by atoms with Gasteiger partial charge in [0.25, 0.3) is 0 Å². The van der Waals surface area contributed by atoms with E-state index in [-0.39, 0.29) is 5.54 Å². The molecule has 22 heavy (non-hydrogen) atoms. The minimum atomic E-state index is -0.200. The minimum Gasteiger partial charge on any atom is -0.375 e. The molecule has 3 rings (SSSR count). The smallest absolute Gasteiger partial charge is 0.183 e. The second-order valence-corrected chi connectivity index (χ2v) is 6.82. The number of rotatable bonds is 5. The van der Waals surface area contributed by atoms with E-state index in [4.69, 9.17) is 0 Å². The lowest BCUT2D eigenvalue weighted by atomic mass is 9.74. The number of likely N-dealkylation sites (tertiary alicyclic amines) is 1. The Kier molecular flexibility index (Phi) is 4.53. The molecular weight excluding hydrogens is 272 g/mol. The van der Waals surface area contributed by atoms with Crippen molar-refractivity contribution in [3.8, 4) is 0 Å². The van der Waals surface area contributed by atoms with Gasteiger partial charge >= 0.3 is 0 Å². The van der Waals surface area contributed by atoms with Crippen molar-refractivity contribution in [1.82, 2.24) is 4.90 Å². The van der Waals surface area contributed by atoms with Gasteiger partial charge in [-0.1, -0.05) is 19.3 Å². The molecule has 0 radical (unpaired) electrons. The average molecular weight is 300 g/mol. The number of hydrogen-bond donors (Lipinski definition) is 0. The molecule has 0 aromatic heterocycles. The molecule has 1 aliphatic carbocycles. The highest BCUT2D eigenvalue weighted by molar-refractivity contribution is 6.03. The third-order valence-electron chi connectivity index (χ3n) is 5.61. The lowest BCUT2D eigenvalue weighted by Crippen LogP contribution is -2.60. The van der Waals surface area contributed by atoms with Gasteiger partial charge < -0.3 is 4.90 Å². The van der Waals surface area contributed by atoms with Gasteiger partial charge in [0.2, 0.25) is 0 Å². The first kappa shape index (κ1) is 15.5. The summed E-state index contributed by atoms with van der Waals surface area (Å²) in [5.74, 6) is 0.359. The van der Waals surface area contributed by atoms with E-state index in [1.807, 2.05) is 12.1 Å². The number of carbonyl (C=O) groups is 1. The second kappa shape index (κ2) is 6.41. The maximum Gasteiger partial charge on any atom is 0.183 e. The molecule has 0 bridgehead atoms. The number of nitrogens with zero attached hydrogens (tertiary/aromatic N) is 2. The maximum absolute atomic E-state index is 13.3. The Bertz CT molecular complexity index is 513. The summed E-state index contributed by atoms with van der Waals surface area (Å²) in [7, 11) is 2.08. The molecule has 3 heteroatoms. The summed E-state index contributed by atoms with van der Waals surface area (Å²) in [5, 5.41) is 0. The van der Waals surface area contributed by atoms with Crippen LogP contribution in [-0.2, 0) is 0 Å². The fourth-order valence-electron chi connectivity index (χ4n) is 3.89. The Labute approximate surface area is 134 Å². The first-order valence-electron chi connectivity index (χ1n) is 8.78. The van der Waals surface area contributed by atoms with E-state index in [1.165, 1.54) is 31.4 Å². The number of carbonyl (C=O) groups excluding carboxylic acids is 1. The molecule has 1 aliphatic heterocycles. The zero-order valence-corrected chi connectivity index (χ0v) is 14.0. The third-order valence-corrected chi connectivity index (χ3v) is 5.61. The van der Waals surface area contributed by atoms with E-state index in [0.29, 0.717) is 5.78 Å². The van der Waals surface area contributed by atoms with Crippen LogP contribution in [0.4, 0.5) is 5.69 Å². The van der Waals surface area contributed by atoms with Gasteiger partial charge in [-0.3, -0.25) is 9.69 Å². The van der Waals surface area contributed by atoms with Crippen molar-refractivity contribution in [2.45, 2.75) is 51.0 Å². The Balaban J connectivity index is 1.83. The minimum absolute atomic E-state index is 0.200. The molecule has 0 N–H and O–H groups in total. The molecule has 0 spiro atoms. The normalized spacial score (nSPS) is 21.2. The summed E-state index contributed by atoms with van der Waals surface area (Å²) in [5.41, 5.74) is 1.87. The van der Waals surface area contributed by atoms with Gasteiger partial charge in [0.05, 0.1) is 5.54 Å². The predicted octanol–water partition coefficient (Wildman–Crippen LogP) is 3.73. The van der Waals surface area contributed by atoms with Gasteiger partial charge in [0.15, 0.2) is 5.78 Å². The number of ketones is 1. The van der Waals surface area contributed by atoms with Crippen molar-refractivity contribution in [2.24, 2.45) is 0 Å². The molecule has 3 nitrogen and oxygen atoms in total. The Morgan fingerprint density at radius 1 is 1.09 bits per heavy atom. The van der Waals surface area contributed by atoms with Crippen LogP contribution >= 0.6 is 0 Å². The van der Waals surface area contributed by atoms with Crippen LogP contribution in [0.15, 0.2) is 24.3 Å². The van der Waals surface area contributed by atoms with Crippen LogP contribution in [0.1, 0.15) is 55.8 Å². The highest BCUT2D eigenvalue weighted by atomic mass is 16.1. The number of anilines is 1. The van der Waals surface area contributed by atoms with Crippen molar-refractivity contribution in [1.29, 1.82) is 0 Å². The second-order valence-electron chi connectivity index (χ2n) is 6.82. The van der Waals surface area contributed by atoms with Crippen LogP contribution in [0.5, 0.6) is 0 Å². The molecule has 1 saturated heterocycles. The average Bonchev–Trinajstić information content (AvgIpc) is 2.53. The Morgan fingerprint density at radius 3 is 2.23 bits per heavy atom. The molecule has 1 aromatic rings. The van der Waals surface area contributed by atoms with Crippen LogP contribution in [0.2, 0.25) is 0 Å². The van der Waals surface area contributed by atoms with Crippen molar-refractivity contribution in [3.63, 3.8) is 0 Å². The summed E-state index contributed by atoms with van der Waals surface area (Å²) in [6.07, 6.45) is 7.00. The van der Waals surface area contributed by atoms with Gasteiger partial charge in [0, 0.05) is 37.9 Å². The SMILES string of the molecule is CCN(C)c1ccc(C(=O)C2(N3CCC3)CCCCC2)cc1. The largest absolute Gasteiger partial charge is 0.375 e. The van der Waals surface area contributed by atoms with E-state index < -0.39 is 0 Å². The quantitative estimate of drug-likeness (QED) is 0.774. The van der Waals surface area contributed by atoms with Gasteiger partial charge in [-0.05, 0) is 50.5 Å². The topological polar surface area (TPSA) is 23.6 Å². The van der Waals surface area contributed by atoms with Gasteiger partial charge in [-0.2, -0.15) is 0 Å². The molecular formula is C19H28N2O. The van der Waals surface area contributed by atoms with Gasteiger partial charge in [0.1, 0.15) is 0 Å². The van der Waals surface area contributed by atoms with E-state index in [1.54, 1.807) is 0 Å². The number of benzene rings is 1. The van der Waals surface area contributed by atoms with Crippen LogP contribution in [0, 0.1) is 0 Å². The molecule has 0 unspecified atom stereocenters. The zero-order chi connectivity index (χ0) is 15.6. The zero-order valence-electron chi connectivity index (χ0n) is 14.0. The van der Waals surface area contributed by atoms with Gasteiger partial charge in [-0.15, -0.1) is 0 Å². The fraction of sp³-hybridized carbons (Fsp3) is 0.632. The fourth-order valence-corrected chi connectivity index (χ4v) is 3.89. The highest BCUT2D eigenvalue weighted by Crippen LogP contribution is 2.39. The molecule has 1 aromatic carbocycles. The van der Waals surface area contributed by atoms with Crippen molar-refractivity contribution in [3.05, 3.63) is 29.8 Å². The van der Waals surface area contributed by atoms with E-state index in [2.05, 4.69) is 35.9 Å². The summed E-state index contributed by atoms with van der Waals surface area (Å²) in [6.45, 7) is 5.32. The number of hydrogen-bond acceptors (Lipinski definition) is 3. The highest BCUT2D eigenvalue weighted by Gasteiger charge is 2.46. The van der Waals surface area contributed by atoms with Crippen LogP contribution < -0.4 is 4.90 Å². The van der Waals surface area contributed by atoms with E-state index >= 15 is 0 Å². The molecule has 0 atom stereocenters. The number of Topliss-reactive ketones (excluding diaryl/α,β-unsaturated/α-hetero) is 1. The first-order chi connectivity index (χ1) is 10.7. The van der Waals surface area contributed by atoms with Crippen molar-refractivity contribution >= 4 is 11.5 Å². The Hall–Kier alpha value is -1.35. The van der Waals surface area contributed by atoms with Crippen LogP contribution in [0.3, 0.4) is 0 Å². The van der Waals surface area contributed by atoms with E-state index in [0.717, 1.165) is 38.0 Å². The first-order valence-corrected chi connectivity index (χ1v) is 8.78. The molecule has 1 heterocycles. The lowest BCUT2D eigenvalue weighted by Gasteiger charge is -2.49. The van der Waals surface area contributed by atoms with Crippen LogP contribution in [0.25, 0.3) is 0 Å². The van der Waals surface area contributed by atoms with Gasteiger partial charge in [-0.25, -0.2) is 0 Å². The standard InChI is InChI=1S/C19H28N2O/c1-3-20(2)17-10-8-16(9-11-17)18(22)19(21-14-7-15-21)12-5-4-6-13-19/h8-11H,3-7,12-15H2,1-2H3. The molecule has 2 aliphatic rings. The molecule has 1 saturated carbocycles. The maximum atomic E-state index is 13.3. The summed E-state index contributed by atoms with van der Waals surface area (Å²) in [6, 6.07) is 8.23. The monoisotopic (exact) mass is 300 g/mol. The van der Waals surface area contributed by atoms with Crippen molar-refractivity contribution < 1.29 is 4.79 Å². The third kappa shape index (κ3) is 2.67. The summed E-state index contributed by atoms with van der Waals surface area (Å²) < 4.78 is 0. The van der Waals surface area contributed by atoms with Crippen LogP contribution in [-0.4, -0.2) is 42.9 Å².